The van der Waals surface area contributed by atoms with Gasteiger partial charge in [0.1, 0.15) is 11.4 Å². The van der Waals surface area contributed by atoms with Crippen molar-refractivity contribution in [3.05, 3.63) is 32.4 Å². The summed E-state index contributed by atoms with van der Waals surface area (Å²) in [5, 5.41) is 0.994. The maximum absolute atomic E-state index is 12.6. The molecule has 2 heterocycles. The number of hydrogen-bond donors (Lipinski definition) is 0. The summed E-state index contributed by atoms with van der Waals surface area (Å²) < 4.78 is 13.8. The summed E-state index contributed by atoms with van der Waals surface area (Å²) in [6.45, 7) is 7.01. The highest BCUT2D eigenvalue weighted by Crippen LogP contribution is 2.32. The molecule has 1 aromatic heterocycles. The van der Waals surface area contributed by atoms with E-state index in [-0.39, 0.29) is 12.1 Å². The first-order valence-electron chi connectivity index (χ1n) is 9.61. The summed E-state index contributed by atoms with van der Waals surface area (Å²) in [6.07, 6.45) is 5.55. The predicted octanol–water partition coefficient (Wildman–Crippen LogP) is 6.16. The van der Waals surface area contributed by atoms with Gasteiger partial charge in [0, 0.05) is 35.1 Å². The van der Waals surface area contributed by atoms with Crippen molar-refractivity contribution in [1.82, 2.24) is 9.88 Å². The lowest BCUT2D eigenvalue weighted by Crippen LogP contribution is -2.46. The van der Waals surface area contributed by atoms with E-state index >= 15 is 0 Å². The fourth-order valence-electron chi connectivity index (χ4n) is 3.42. The lowest BCUT2D eigenvalue weighted by Gasteiger charge is -2.36. The van der Waals surface area contributed by atoms with Crippen LogP contribution in [0.4, 0.5) is 4.79 Å². The first-order chi connectivity index (χ1) is 13.2. The average Bonchev–Trinajstić information content (AvgIpc) is 2.62. The van der Waals surface area contributed by atoms with Crippen LogP contribution in [0.2, 0.25) is 0 Å². The number of halogens is 2. The maximum Gasteiger partial charge on any atom is 0.410 e. The monoisotopic (exact) mass is 560 g/mol. The number of amides is 1. The standard InChI is InChI=1S/C21H26BrIN2O3/c1-21(2,3)28-20(26)25-10-5-4-6-15(25)9-11-27-19-16-12-14(22)7-8-18(16)24-13-17(19)23/h7-8,12-13,15H,4-6,9-11H2,1-3H3/t15-/m1/s1. The quantitative estimate of drug-likeness (QED) is 0.420. The van der Waals surface area contributed by atoms with Gasteiger partial charge in [-0.1, -0.05) is 15.9 Å². The second kappa shape index (κ2) is 9.15. The van der Waals surface area contributed by atoms with E-state index in [0.29, 0.717) is 6.61 Å². The lowest BCUT2D eigenvalue weighted by atomic mass is 10.0. The van der Waals surface area contributed by atoms with Crippen molar-refractivity contribution in [3.8, 4) is 5.75 Å². The molecule has 0 aliphatic carbocycles. The molecule has 152 valence electrons. The molecular formula is C21H26BrIN2O3. The van der Waals surface area contributed by atoms with E-state index in [2.05, 4.69) is 43.5 Å². The van der Waals surface area contributed by atoms with Crippen molar-refractivity contribution in [2.24, 2.45) is 0 Å². The molecular weight excluding hydrogens is 535 g/mol. The number of pyridine rings is 1. The molecule has 7 heteroatoms. The first-order valence-corrected chi connectivity index (χ1v) is 11.5. The van der Waals surface area contributed by atoms with Crippen LogP contribution in [0.1, 0.15) is 46.5 Å². The molecule has 0 N–H and O–H groups in total. The van der Waals surface area contributed by atoms with Gasteiger partial charge in [-0.3, -0.25) is 4.98 Å². The summed E-state index contributed by atoms with van der Waals surface area (Å²) in [5.74, 6) is 0.853. The largest absolute Gasteiger partial charge is 0.492 e. The number of likely N-dealkylation sites (tertiary alicyclic amines) is 1. The summed E-state index contributed by atoms with van der Waals surface area (Å²) in [6, 6.07) is 6.15. The minimum Gasteiger partial charge on any atom is -0.492 e. The number of aromatic nitrogens is 1. The fourth-order valence-corrected chi connectivity index (χ4v) is 4.37. The molecule has 2 aromatic rings. The van der Waals surface area contributed by atoms with Crippen LogP contribution >= 0.6 is 38.5 Å². The van der Waals surface area contributed by atoms with Crippen LogP contribution in [-0.2, 0) is 4.74 Å². The van der Waals surface area contributed by atoms with E-state index in [9.17, 15) is 4.79 Å². The lowest BCUT2D eigenvalue weighted by molar-refractivity contribution is 0.00744. The van der Waals surface area contributed by atoms with Gasteiger partial charge in [-0.25, -0.2) is 4.79 Å². The van der Waals surface area contributed by atoms with Crippen molar-refractivity contribution in [2.75, 3.05) is 13.2 Å². The average molecular weight is 561 g/mol. The van der Waals surface area contributed by atoms with Gasteiger partial charge >= 0.3 is 6.09 Å². The van der Waals surface area contributed by atoms with E-state index in [1.54, 1.807) is 0 Å². The normalized spacial score (nSPS) is 17.6. The Bertz CT molecular complexity index is 848. The van der Waals surface area contributed by atoms with Crippen LogP contribution in [0, 0.1) is 3.57 Å². The molecule has 1 aromatic carbocycles. The highest BCUT2D eigenvalue weighted by Gasteiger charge is 2.30. The van der Waals surface area contributed by atoms with Crippen molar-refractivity contribution < 1.29 is 14.3 Å². The maximum atomic E-state index is 12.6. The number of fused-ring (bicyclic) bond motifs is 1. The highest BCUT2D eigenvalue weighted by atomic mass is 127. The number of ether oxygens (including phenoxy) is 2. The molecule has 0 radical (unpaired) electrons. The third kappa shape index (κ3) is 5.49. The third-order valence-corrected chi connectivity index (χ3v) is 5.95. The smallest absolute Gasteiger partial charge is 0.410 e. The summed E-state index contributed by atoms with van der Waals surface area (Å²) in [5.41, 5.74) is 0.432. The van der Waals surface area contributed by atoms with Crippen molar-refractivity contribution in [3.63, 3.8) is 0 Å². The second-order valence-electron chi connectivity index (χ2n) is 8.06. The highest BCUT2D eigenvalue weighted by molar-refractivity contribution is 14.1. The summed E-state index contributed by atoms with van der Waals surface area (Å²) in [4.78, 5) is 18.9. The molecule has 0 saturated carbocycles. The van der Waals surface area contributed by atoms with E-state index in [1.165, 1.54) is 0 Å². The van der Waals surface area contributed by atoms with Gasteiger partial charge in [0.05, 0.1) is 15.7 Å². The van der Waals surface area contributed by atoms with E-state index in [4.69, 9.17) is 9.47 Å². The summed E-state index contributed by atoms with van der Waals surface area (Å²) in [7, 11) is 0. The molecule has 5 nitrogen and oxygen atoms in total. The van der Waals surface area contributed by atoms with Crippen LogP contribution < -0.4 is 4.74 Å². The number of carbonyl (C=O) groups excluding carboxylic acids is 1. The number of nitrogens with zero attached hydrogens (tertiary/aromatic N) is 2. The molecule has 0 spiro atoms. The van der Waals surface area contributed by atoms with E-state index in [1.807, 2.05) is 50.1 Å². The molecule has 1 aliphatic rings. The topological polar surface area (TPSA) is 51.7 Å². The molecule has 28 heavy (non-hydrogen) atoms. The Hall–Kier alpha value is -1.09. The molecule has 1 aliphatic heterocycles. The molecule has 3 rings (SSSR count). The third-order valence-electron chi connectivity index (χ3n) is 4.69. The zero-order chi connectivity index (χ0) is 20.3. The zero-order valence-corrected chi connectivity index (χ0v) is 20.2. The van der Waals surface area contributed by atoms with Gasteiger partial charge in [-0.15, -0.1) is 0 Å². The Kier molecular flexibility index (Phi) is 7.07. The molecule has 1 fully saturated rings. The number of benzene rings is 1. The first kappa shape index (κ1) is 21.6. The van der Waals surface area contributed by atoms with Crippen LogP contribution in [0.25, 0.3) is 10.9 Å². The minimum atomic E-state index is -0.477. The van der Waals surface area contributed by atoms with Crippen LogP contribution in [0.5, 0.6) is 5.75 Å². The summed E-state index contributed by atoms with van der Waals surface area (Å²) >= 11 is 5.78. The van der Waals surface area contributed by atoms with Gasteiger partial charge in [0.25, 0.3) is 0 Å². The Morgan fingerprint density at radius 2 is 2.14 bits per heavy atom. The van der Waals surface area contributed by atoms with Crippen molar-refractivity contribution in [2.45, 2.75) is 58.1 Å². The van der Waals surface area contributed by atoms with Crippen molar-refractivity contribution >= 4 is 55.5 Å². The molecule has 0 bridgehead atoms. The van der Waals surface area contributed by atoms with Gasteiger partial charge in [-0.05, 0) is 80.8 Å². The molecule has 1 amide bonds. The second-order valence-corrected chi connectivity index (χ2v) is 10.1. The Labute approximate surface area is 188 Å². The molecule has 1 atom stereocenters. The number of rotatable bonds is 4. The van der Waals surface area contributed by atoms with E-state index in [0.717, 1.165) is 56.9 Å². The molecule has 0 unspecified atom stereocenters. The molecule has 1 saturated heterocycles. The van der Waals surface area contributed by atoms with Gasteiger partial charge < -0.3 is 14.4 Å². The Morgan fingerprint density at radius 3 is 2.89 bits per heavy atom. The van der Waals surface area contributed by atoms with Gasteiger partial charge in [-0.2, -0.15) is 0 Å². The Balaban J connectivity index is 1.68. The van der Waals surface area contributed by atoms with Crippen molar-refractivity contribution in [1.29, 1.82) is 0 Å². The van der Waals surface area contributed by atoms with E-state index < -0.39 is 5.60 Å². The number of carbonyl (C=O) groups is 1. The van der Waals surface area contributed by atoms with Crippen LogP contribution in [0.3, 0.4) is 0 Å². The Morgan fingerprint density at radius 1 is 1.36 bits per heavy atom. The SMILES string of the molecule is CC(C)(C)OC(=O)N1CCCC[C@@H]1CCOc1c(I)cnc2ccc(Br)cc12. The predicted molar refractivity (Wildman–Crippen MR) is 123 cm³/mol. The number of piperidine rings is 1. The fraction of sp³-hybridized carbons (Fsp3) is 0.524. The minimum absolute atomic E-state index is 0.154. The zero-order valence-electron chi connectivity index (χ0n) is 16.5. The number of hydrogen-bond acceptors (Lipinski definition) is 4. The van der Waals surface area contributed by atoms with Crippen LogP contribution in [0.15, 0.2) is 28.9 Å². The van der Waals surface area contributed by atoms with Gasteiger partial charge in [0.15, 0.2) is 0 Å². The van der Waals surface area contributed by atoms with Gasteiger partial charge in [0.2, 0.25) is 0 Å². The van der Waals surface area contributed by atoms with Crippen LogP contribution in [-0.4, -0.2) is 40.8 Å².